The molecule has 1 aromatic carbocycles. The molecule has 17 heavy (non-hydrogen) atoms. The highest BCUT2D eigenvalue weighted by molar-refractivity contribution is 7.07. The van der Waals surface area contributed by atoms with Crippen molar-refractivity contribution in [2.24, 2.45) is 0 Å². The number of rotatable bonds is 4. The van der Waals surface area contributed by atoms with Gasteiger partial charge in [0, 0.05) is 23.2 Å². The molecule has 2 nitrogen and oxygen atoms in total. The number of hydrogen-bond donors (Lipinski definition) is 2. The van der Waals surface area contributed by atoms with Crippen LogP contribution in [0, 0.1) is 0 Å². The number of thiophene rings is 1. The van der Waals surface area contributed by atoms with Gasteiger partial charge < -0.3 is 10.4 Å². The van der Waals surface area contributed by atoms with Crippen LogP contribution in [-0.2, 0) is 6.54 Å². The van der Waals surface area contributed by atoms with Crippen molar-refractivity contribution in [3.8, 4) is 5.75 Å². The molecule has 0 aliphatic rings. The maximum absolute atomic E-state index is 9.68. The standard InChI is InChI=1S/C13H14ClNOS/c1-9(10-4-5-17-8-10)15-7-11-6-12(14)2-3-13(11)16/h2-6,8-9,15-16H,7H2,1H3. The summed E-state index contributed by atoms with van der Waals surface area (Å²) in [7, 11) is 0. The van der Waals surface area contributed by atoms with Crippen LogP contribution in [0.1, 0.15) is 24.1 Å². The summed E-state index contributed by atoms with van der Waals surface area (Å²) < 4.78 is 0. The van der Waals surface area contributed by atoms with E-state index in [-0.39, 0.29) is 11.8 Å². The number of benzene rings is 1. The molecule has 2 N–H and O–H groups in total. The maximum atomic E-state index is 9.68. The number of nitrogens with one attached hydrogen (secondary N) is 1. The molecule has 1 atom stereocenters. The summed E-state index contributed by atoms with van der Waals surface area (Å²) in [6.07, 6.45) is 0. The molecule has 1 heterocycles. The van der Waals surface area contributed by atoms with E-state index in [1.807, 2.05) is 0 Å². The third-order valence-electron chi connectivity index (χ3n) is 2.68. The molecular weight excluding hydrogens is 254 g/mol. The van der Waals surface area contributed by atoms with Crippen molar-refractivity contribution < 1.29 is 5.11 Å². The van der Waals surface area contributed by atoms with Crippen molar-refractivity contribution in [3.63, 3.8) is 0 Å². The van der Waals surface area contributed by atoms with Crippen LogP contribution in [-0.4, -0.2) is 5.11 Å². The lowest BCUT2D eigenvalue weighted by Crippen LogP contribution is -2.17. The first-order chi connectivity index (χ1) is 8.16. The third kappa shape index (κ3) is 3.22. The van der Waals surface area contributed by atoms with Gasteiger partial charge >= 0.3 is 0 Å². The highest BCUT2D eigenvalue weighted by Crippen LogP contribution is 2.22. The van der Waals surface area contributed by atoms with E-state index in [1.165, 1.54) is 5.56 Å². The highest BCUT2D eigenvalue weighted by Gasteiger charge is 2.07. The first-order valence-electron chi connectivity index (χ1n) is 5.39. The Morgan fingerprint density at radius 3 is 2.94 bits per heavy atom. The van der Waals surface area contributed by atoms with E-state index in [0.717, 1.165) is 5.56 Å². The minimum atomic E-state index is 0.264. The lowest BCUT2D eigenvalue weighted by molar-refractivity contribution is 0.460. The second-order valence-corrected chi connectivity index (χ2v) is 5.15. The molecule has 0 saturated heterocycles. The predicted molar refractivity (Wildman–Crippen MR) is 72.7 cm³/mol. The summed E-state index contributed by atoms with van der Waals surface area (Å²) in [5.74, 6) is 0.277. The number of aromatic hydroxyl groups is 1. The molecule has 0 radical (unpaired) electrons. The second-order valence-electron chi connectivity index (χ2n) is 3.93. The van der Waals surface area contributed by atoms with Gasteiger partial charge in [0.05, 0.1) is 0 Å². The molecule has 90 valence electrons. The zero-order chi connectivity index (χ0) is 12.3. The van der Waals surface area contributed by atoms with Crippen LogP contribution in [0.25, 0.3) is 0 Å². The van der Waals surface area contributed by atoms with Gasteiger partial charge in [-0.2, -0.15) is 11.3 Å². The van der Waals surface area contributed by atoms with Gasteiger partial charge in [-0.1, -0.05) is 11.6 Å². The lowest BCUT2D eigenvalue weighted by Gasteiger charge is -2.13. The van der Waals surface area contributed by atoms with E-state index in [2.05, 4.69) is 29.1 Å². The first-order valence-corrected chi connectivity index (χ1v) is 6.72. The normalized spacial score (nSPS) is 12.6. The monoisotopic (exact) mass is 267 g/mol. The Morgan fingerprint density at radius 2 is 2.24 bits per heavy atom. The average molecular weight is 268 g/mol. The SMILES string of the molecule is CC(NCc1cc(Cl)ccc1O)c1ccsc1. The molecule has 1 unspecified atom stereocenters. The van der Waals surface area contributed by atoms with Gasteiger partial charge in [0.2, 0.25) is 0 Å². The van der Waals surface area contributed by atoms with Crippen LogP contribution in [0.5, 0.6) is 5.75 Å². The summed E-state index contributed by atoms with van der Waals surface area (Å²) in [6, 6.07) is 7.45. The summed E-state index contributed by atoms with van der Waals surface area (Å²) in [4.78, 5) is 0. The molecule has 1 aromatic heterocycles. The topological polar surface area (TPSA) is 32.3 Å². The molecule has 0 bridgehead atoms. The molecule has 0 aliphatic heterocycles. The Labute approximate surface area is 110 Å². The Bertz CT molecular complexity index is 484. The van der Waals surface area contributed by atoms with Crippen molar-refractivity contribution in [2.45, 2.75) is 19.5 Å². The van der Waals surface area contributed by atoms with Crippen molar-refractivity contribution >= 4 is 22.9 Å². The van der Waals surface area contributed by atoms with Crippen LogP contribution in [0.4, 0.5) is 0 Å². The molecule has 4 heteroatoms. The van der Waals surface area contributed by atoms with Crippen molar-refractivity contribution in [3.05, 3.63) is 51.2 Å². The maximum Gasteiger partial charge on any atom is 0.120 e. The molecular formula is C13H14ClNOS. The summed E-state index contributed by atoms with van der Waals surface area (Å²) >= 11 is 7.58. The molecule has 0 spiro atoms. The molecule has 2 aromatic rings. The van der Waals surface area contributed by atoms with Crippen LogP contribution in [0.15, 0.2) is 35.0 Å². The fourth-order valence-electron chi connectivity index (χ4n) is 1.60. The van der Waals surface area contributed by atoms with E-state index in [0.29, 0.717) is 11.6 Å². The summed E-state index contributed by atoms with van der Waals surface area (Å²) in [5, 5.41) is 17.9. The Kier molecular flexibility index (Phi) is 4.05. The molecule has 0 amide bonds. The van der Waals surface area contributed by atoms with E-state index >= 15 is 0 Å². The largest absolute Gasteiger partial charge is 0.508 e. The van der Waals surface area contributed by atoms with Gasteiger partial charge in [-0.25, -0.2) is 0 Å². The quantitative estimate of drug-likeness (QED) is 0.879. The Hall–Kier alpha value is -1.03. The van der Waals surface area contributed by atoms with Gasteiger partial charge in [0.25, 0.3) is 0 Å². The molecule has 0 aliphatic carbocycles. The van der Waals surface area contributed by atoms with Gasteiger partial charge in [0.1, 0.15) is 5.75 Å². The Morgan fingerprint density at radius 1 is 1.41 bits per heavy atom. The van der Waals surface area contributed by atoms with E-state index < -0.39 is 0 Å². The van der Waals surface area contributed by atoms with Gasteiger partial charge in [-0.15, -0.1) is 0 Å². The smallest absolute Gasteiger partial charge is 0.120 e. The fourth-order valence-corrected chi connectivity index (χ4v) is 2.55. The lowest BCUT2D eigenvalue weighted by atomic mass is 10.1. The van der Waals surface area contributed by atoms with E-state index in [1.54, 1.807) is 29.5 Å². The first kappa shape index (κ1) is 12.4. The average Bonchev–Trinajstić information content (AvgIpc) is 2.83. The molecule has 2 rings (SSSR count). The predicted octanol–water partition coefficient (Wildman–Crippen LogP) is 3.96. The Balaban J connectivity index is 2.00. The van der Waals surface area contributed by atoms with Crippen molar-refractivity contribution in [2.75, 3.05) is 0 Å². The van der Waals surface area contributed by atoms with Gasteiger partial charge in [-0.3, -0.25) is 0 Å². The summed E-state index contributed by atoms with van der Waals surface area (Å²) in [6.45, 7) is 2.70. The van der Waals surface area contributed by atoms with Crippen LogP contribution in [0.3, 0.4) is 0 Å². The van der Waals surface area contributed by atoms with Crippen LogP contribution < -0.4 is 5.32 Å². The van der Waals surface area contributed by atoms with Gasteiger partial charge in [0.15, 0.2) is 0 Å². The number of halogens is 1. The second kappa shape index (κ2) is 5.54. The van der Waals surface area contributed by atoms with Gasteiger partial charge in [-0.05, 0) is 47.5 Å². The van der Waals surface area contributed by atoms with Crippen LogP contribution >= 0.6 is 22.9 Å². The van der Waals surface area contributed by atoms with E-state index in [4.69, 9.17) is 11.6 Å². The van der Waals surface area contributed by atoms with Crippen molar-refractivity contribution in [1.82, 2.24) is 5.32 Å². The third-order valence-corrected chi connectivity index (χ3v) is 3.62. The molecule has 0 saturated carbocycles. The number of hydrogen-bond acceptors (Lipinski definition) is 3. The minimum absolute atomic E-state index is 0.264. The zero-order valence-corrected chi connectivity index (χ0v) is 11.1. The number of phenols is 1. The van der Waals surface area contributed by atoms with Crippen molar-refractivity contribution in [1.29, 1.82) is 0 Å². The highest BCUT2D eigenvalue weighted by atomic mass is 35.5. The van der Waals surface area contributed by atoms with E-state index in [9.17, 15) is 5.11 Å². The fraction of sp³-hybridized carbons (Fsp3) is 0.231. The minimum Gasteiger partial charge on any atom is -0.508 e. The summed E-state index contributed by atoms with van der Waals surface area (Å²) in [5.41, 5.74) is 2.08. The zero-order valence-electron chi connectivity index (χ0n) is 9.48. The number of phenolic OH excluding ortho intramolecular Hbond substituents is 1. The van der Waals surface area contributed by atoms with Crippen LogP contribution in [0.2, 0.25) is 5.02 Å². The molecule has 0 fully saturated rings.